The normalized spacial score (nSPS) is 12.0. The summed E-state index contributed by atoms with van der Waals surface area (Å²) in [5.74, 6) is -1.26. The van der Waals surface area contributed by atoms with Gasteiger partial charge in [-0.3, -0.25) is 9.59 Å². The Morgan fingerprint density at radius 3 is 2.30 bits per heavy atom. The first-order valence-electron chi connectivity index (χ1n) is 9.65. The van der Waals surface area contributed by atoms with Gasteiger partial charge < -0.3 is 5.32 Å². The zero-order valence-electron chi connectivity index (χ0n) is 17.0. The molecule has 3 aromatic rings. The first-order valence-corrected chi connectivity index (χ1v) is 9.65. The number of hydrogen-bond acceptors (Lipinski definition) is 4. The number of nitrogens with zero attached hydrogens (tertiary/aromatic N) is 3. The van der Waals surface area contributed by atoms with Crippen LogP contribution >= 0.6 is 0 Å². The highest BCUT2D eigenvalue weighted by Crippen LogP contribution is 2.15. The molecule has 8 heteroatoms. The average molecular weight is 410 g/mol. The van der Waals surface area contributed by atoms with Crippen molar-refractivity contribution in [2.24, 2.45) is 5.92 Å². The lowest BCUT2D eigenvalue weighted by atomic mass is 10.1. The van der Waals surface area contributed by atoms with E-state index < -0.39 is 34.7 Å². The highest BCUT2D eigenvalue weighted by molar-refractivity contribution is 5.91. The van der Waals surface area contributed by atoms with Crippen LogP contribution in [-0.2, 0) is 0 Å². The van der Waals surface area contributed by atoms with Crippen molar-refractivity contribution < 1.29 is 9.18 Å². The van der Waals surface area contributed by atoms with Gasteiger partial charge in [-0.25, -0.2) is 13.8 Å². The standard InChI is InChI=1S/C22H23FN4O3/c1-14(2)13-24-20(28)19-21(29)26(15(3)16-9-5-4-6-10-16)22(30)27(25-19)18-12-8-7-11-17(18)23/h4-12,14-15H,13H2,1-3H3,(H,24,28)/t15-/m0/s1. The minimum absolute atomic E-state index is 0.144. The van der Waals surface area contributed by atoms with Gasteiger partial charge >= 0.3 is 5.69 Å². The number of nitrogens with one attached hydrogen (secondary N) is 1. The molecule has 0 spiro atoms. The third-order valence-corrected chi connectivity index (χ3v) is 4.64. The van der Waals surface area contributed by atoms with Crippen molar-refractivity contribution in [1.29, 1.82) is 0 Å². The molecular formula is C22H23FN4O3. The lowest BCUT2D eigenvalue weighted by molar-refractivity contribution is 0.0939. The summed E-state index contributed by atoms with van der Waals surface area (Å²) >= 11 is 0. The Kier molecular flexibility index (Phi) is 6.25. The smallest absolute Gasteiger partial charge is 0.350 e. The summed E-state index contributed by atoms with van der Waals surface area (Å²) < 4.78 is 16.1. The van der Waals surface area contributed by atoms with Gasteiger partial charge in [-0.05, 0) is 30.5 Å². The molecule has 0 aliphatic heterocycles. The second-order valence-electron chi connectivity index (χ2n) is 7.36. The van der Waals surface area contributed by atoms with Gasteiger partial charge in [0.1, 0.15) is 11.5 Å². The molecular weight excluding hydrogens is 387 g/mol. The SMILES string of the molecule is CC(C)CNC(=O)c1nn(-c2ccccc2F)c(=O)n([C@@H](C)c2ccccc2)c1=O. The van der Waals surface area contributed by atoms with E-state index in [1.54, 1.807) is 37.3 Å². The van der Waals surface area contributed by atoms with Crippen LogP contribution in [0.25, 0.3) is 5.69 Å². The lowest BCUT2D eigenvalue weighted by Crippen LogP contribution is -2.47. The number of para-hydroxylation sites is 1. The third-order valence-electron chi connectivity index (χ3n) is 4.64. The summed E-state index contributed by atoms with van der Waals surface area (Å²) in [6, 6.07) is 13.8. The number of rotatable bonds is 6. The van der Waals surface area contributed by atoms with Crippen LogP contribution in [0.1, 0.15) is 42.9 Å². The van der Waals surface area contributed by atoms with Crippen molar-refractivity contribution in [3.63, 3.8) is 0 Å². The van der Waals surface area contributed by atoms with Gasteiger partial charge in [0.05, 0.1) is 6.04 Å². The summed E-state index contributed by atoms with van der Waals surface area (Å²) in [7, 11) is 0. The van der Waals surface area contributed by atoms with Crippen molar-refractivity contribution in [2.75, 3.05) is 6.54 Å². The van der Waals surface area contributed by atoms with Crippen LogP contribution in [0.5, 0.6) is 0 Å². The summed E-state index contributed by atoms with van der Waals surface area (Å²) in [5.41, 5.74) is -1.58. The minimum atomic E-state index is -0.832. The Hall–Kier alpha value is -3.55. The van der Waals surface area contributed by atoms with E-state index in [1.165, 1.54) is 18.2 Å². The quantitative estimate of drug-likeness (QED) is 0.677. The Balaban J connectivity index is 2.25. The second-order valence-corrected chi connectivity index (χ2v) is 7.36. The van der Waals surface area contributed by atoms with Crippen molar-refractivity contribution in [3.05, 3.63) is 92.5 Å². The molecule has 1 heterocycles. The van der Waals surface area contributed by atoms with Gasteiger partial charge in [0, 0.05) is 6.54 Å². The molecule has 1 N–H and O–H groups in total. The summed E-state index contributed by atoms with van der Waals surface area (Å²) in [5, 5.41) is 6.57. The highest BCUT2D eigenvalue weighted by atomic mass is 19.1. The van der Waals surface area contributed by atoms with Crippen LogP contribution in [0.4, 0.5) is 4.39 Å². The number of benzene rings is 2. The third kappa shape index (κ3) is 4.22. The molecule has 0 fully saturated rings. The topological polar surface area (TPSA) is 86.0 Å². The molecule has 0 radical (unpaired) electrons. The molecule has 1 amide bonds. The van der Waals surface area contributed by atoms with Crippen molar-refractivity contribution in [3.8, 4) is 5.69 Å². The summed E-state index contributed by atoms with van der Waals surface area (Å²) in [6.45, 7) is 5.81. The van der Waals surface area contributed by atoms with E-state index in [9.17, 15) is 18.8 Å². The summed E-state index contributed by atoms with van der Waals surface area (Å²) in [6.07, 6.45) is 0. The maximum atomic E-state index is 14.4. The van der Waals surface area contributed by atoms with Gasteiger partial charge in [-0.15, -0.1) is 0 Å². The van der Waals surface area contributed by atoms with Gasteiger partial charge in [0.15, 0.2) is 0 Å². The molecule has 156 valence electrons. The van der Waals surface area contributed by atoms with Gasteiger partial charge in [0.25, 0.3) is 11.5 Å². The average Bonchev–Trinajstić information content (AvgIpc) is 2.73. The molecule has 3 rings (SSSR count). The van der Waals surface area contributed by atoms with Gasteiger partial charge in [-0.1, -0.05) is 56.3 Å². The van der Waals surface area contributed by atoms with Crippen molar-refractivity contribution >= 4 is 5.91 Å². The van der Waals surface area contributed by atoms with Gasteiger partial charge in [0.2, 0.25) is 5.69 Å². The highest BCUT2D eigenvalue weighted by Gasteiger charge is 2.24. The first kappa shape index (κ1) is 21.2. The van der Waals surface area contributed by atoms with E-state index in [0.717, 1.165) is 9.25 Å². The monoisotopic (exact) mass is 410 g/mol. The van der Waals surface area contributed by atoms with Crippen LogP contribution in [0.2, 0.25) is 0 Å². The molecule has 0 aliphatic carbocycles. The Morgan fingerprint density at radius 2 is 1.67 bits per heavy atom. The molecule has 1 atom stereocenters. The predicted octanol–water partition coefficient (Wildman–Crippen LogP) is 2.53. The number of amides is 1. The molecule has 2 aromatic carbocycles. The maximum absolute atomic E-state index is 14.4. The van der Waals surface area contributed by atoms with Crippen LogP contribution in [-0.4, -0.2) is 26.8 Å². The number of carbonyl (C=O) groups excluding carboxylic acids is 1. The maximum Gasteiger partial charge on any atom is 0.352 e. The summed E-state index contributed by atoms with van der Waals surface area (Å²) in [4.78, 5) is 38.9. The molecule has 0 saturated heterocycles. The lowest BCUT2D eigenvalue weighted by Gasteiger charge is -2.18. The van der Waals surface area contributed by atoms with Crippen molar-refractivity contribution in [2.45, 2.75) is 26.8 Å². The van der Waals surface area contributed by atoms with E-state index in [-0.39, 0.29) is 11.6 Å². The van der Waals surface area contributed by atoms with Crippen LogP contribution < -0.4 is 16.6 Å². The van der Waals surface area contributed by atoms with E-state index in [1.807, 2.05) is 19.9 Å². The van der Waals surface area contributed by atoms with Crippen LogP contribution in [0.15, 0.2) is 64.2 Å². The molecule has 0 saturated carbocycles. The molecule has 0 aliphatic rings. The molecule has 0 unspecified atom stereocenters. The zero-order chi connectivity index (χ0) is 21.8. The fourth-order valence-electron chi connectivity index (χ4n) is 3.01. The minimum Gasteiger partial charge on any atom is -0.350 e. The van der Waals surface area contributed by atoms with E-state index >= 15 is 0 Å². The van der Waals surface area contributed by atoms with E-state index in [2.05, 4.69) is 10.4 Å². The van der Waals surface area contributed by atoms with Gasteiger partial charge in [-0.2, -0.15) is 9.78 Å². The fourth-order valence-corrected chi connectivity index (χ4v) is 3.01. The first-order chi connectivity index (χ1) is 14.3. The van der Waals surface area contributed by atoms with E-state index in [0.29, 0.717) is 12.1 Å². The number of carbonyl (C=O) groups is 1. The molecule has 0 bridgehead atoms. The number of hydrogen-bond donors (Lipinski definition) is 1. The number of halogens is 1. The molecule has 1 aromatic heterocycles. The Morgan fingerprint density at radius 1 is 1.03 bits per heavy atom. The fraction of sp³-hybridized carbons (Fsp3) is 0.273. The number of aromatic nitrogens is 3. The Labute approximate surface area is 172 Å². The molecule has 7 nitrogen and oxygen atoms in total. The van der Waals surface area contributed by atoms with Crippen LogP contribution in [0, 0.1) is 11.7 Å². The van der Waals surface area contributed by atoms with Crippen molar-refractivity contribution in [1.82, 2.24) is 19.7 Å². The largest absolute Gasteiger partial charge is 0.352 e. The van der Waals surface area contributed by atoms with E-state index in [4.69, 9.17) is 0 Å². The van der Waals surface area contributed by atoms with Crippen LogP contribution in [0.3, 0.4) is 0 Å². The zero-order valence-corrected chi connectivity index (χ0v) is 17.0. The molecule has 30 heavy (non-hydrogen) atoms. The Bertz CT molecular complexity index is 1170. The second kappa shape index (κ2) is 8.86. The predicted molar refractivity (Wildman–Crippen MR) is 111 cm³/mol.